The lowest BCUT2D eigenvalue weighted by atomic mass is 10.1. The molecule has 6 rings (SSSR count). The highest BCUT2D eigenvalue weighted by Crippen LogP contribution is 2.27. The molecule has 7 heteroatoms. The van der Waals surface area contributed by atoms with E-state index >= 15 is 0 Å². The second-order valence-electron chi connectivity index (χ2n) is 7.83. The van der Waals surface area contributed by atoms with Crippen molar-refractivity contribution in [2.75, 3.05) is 0 Å². The number of rotatable bonds is 6. The second kappa shape index (κ2) is 7.76. The molecule has 0 spiro atoms. The highest BCUT2D eigenvalue weighted by molar-refractivity contribution is 7.97. The van der Waals surface area contributed by atoms with Crippen molar-refractivity contribution in [3.63, 3.8) is 0 Å². The molecule has 1 fully saturated rings. The summed E-state index contributed by atoms with van der Waals surface area (Å²) in [5.74, 6) is 0.820. The molecule has 1 aliphatic rings. The fourth-order valence-electron chi connectivity index (χ4n) is 3.56. The Hall–Kier alpha value is -3.29. The van der Waals surface area contributed by atoms with Crippen LogP contribution in [0, 0.1) is 0 Å². The smallest absolute Gasteiger partial charge is 0.177 e. The molecule has 0 aliphatic heterocycles. The Morgan fingerprint density at radius 3 is 2.74 bits per heavy atom. The summed E-state index contributed by atoms with van der Waals surface area (Å²) < 4.78 is 5.32. The Kier molecular flexibility index (Phi) is 4.62. The maximum absolute atomic E-state index is 4.83. The molecule has 0 amide bonds. The van der Waals surface area contributed by atoms with E-state index in [0.717, 1.165) is 39.2 Å². The molecule has 0 bridgehead atoms. The summed E-state index contributed by atoms with van der Waals surface area (Å²) in [6.45, 7) is 0. The first kappa shape index (κ1) is 18.5. The summed E-state index contributed by atoms with van der Waals surface area (Å²) in [6.07, 6.45) is 5.04. The normalized spacial score (nSPS) is 13.8. The summed E-state index contributed by atoms with van der Waals surface area (Å²) in [5.41, 5.74) is 4.89. The Morgan fingerprint density at radius 2 is 1.87 bits per heavy atom. The summed E-state index contributed by atoms with van der Waals surface area (Å²) >= 11 is 1.70. The van der Waals surface area contributed by atoms with Gasteiger partial charge in [0.1, 0.15) is 0 Å². The second-order valence-corrected chi connectivity index (χ2v) is 8.74. The van der Waals surface area contributed by atoms with Gasteiger partial charge in [0.25, 0.3) is 0 Å². The molecule has 0 unspecified atom stereocenters. The summed E-state index contributed by atoms with van der Waals surface area (Å²) in [6, 6.07) is 23.5. The molecule has 0 radical (unpaired) electrons. The topological polar surface area (TPSA) is 68.0 Å². The first-order valence-electron chi connectivity index (χ1n) is 10.4. The van der Waals surface area contributed by atoms with Crippen molar-refractivity contribution in [2.45, 2.75) is 30.2 Å². The first-order chi connectivity index (χ1) is 15.3. The Bertz CT molecular complexity index is 1370. The van der Waals surface area contributed by atoms with Crippen molar-refractivity contribution < 1.29 is 0 Å². The number of pyridine rings is 1. The van der Waals surface area contributed by atoms with Crippen molar-refractivity contribution >= 4 is 28.5 Å². The average Bonchev–Trinajstić information content (AvgIpc) is 3.58. The molecule has 6 nitrogen and oxygen atoms in total. The van der Waals surface area contributed by atoms with Gasteiger partial charge in [-0.2, -0.15) is 9.61 Å². The summed E-state index contributed by atoms with van der Waals surface area (Å²) in [5, 5.41) is 14.6. The highest BCUT2D eigenvalue weighted by Gasteiger charge is 2.20. The molecule has 1 aliphatic carbocycles. The Labute approximate surface area is 183 Å². The molecular weight excluding hydrogens is 404 g/mol. The van der Waals surface area contributed by atoms with Gasteiger partial charge in [0, 0.05) is 34.5 Å². The minimum atomic E-state index is 0.658. The van der Waals surface area contributed by atoms with Crippen LogP contribution in [0.25, 0.3) is 27.8 Å². The van der Waals surface area contributed by atoms with Gasteiger partial charge in [0.2, 0.25) is 0 Å². The Balaban J connectivity index is 1.27. The van der Waals surface area contributed by atoms with Gasteiger partial charge in [-0.15, -0.1) is 10.2 Å². The number of aromatic nitrogens is 5. The average molecular weight is 425 g/mol. The van der Waals surface area contributed by atoms with Crippen molar-refractivity contribution in [3.05, 3.63) is 84.3 Å². The molecule has 3 aromatic heterocycles. The van der Waals surface area contributed by atoms with Crippen LogP contribution in [0.5, 0.6) is 0 Å². The van der Waals surface area contributed by atoms with Crippen molar-refractivity contribution in [1.29, 1.82) is 0 Å². The molecule has 31 heavy (non-hydrogen) atoms. The number of nitrogens with zero attached hydrogens (tertiary/aromatic N) is 5. The van der Waals surface area contributed by atoms with Gasteiger partial charge in [-0.25, -0.2) is 0 Å². The zero-order valence-corrected chi connectivity index (χ0v) is 17.6. The lowest BCUT2D eigenvalue weighted by molar-refractivity contribution is 0.842. The van der Waals surface area contributed by atoms with Gasteiger partial charge >= 0.3 is 0 Å². The molecule has 1 N–H and O–H groups in total. The number of nitrogens with one attached hydrogen (secondary N) is 1. The molecule has 0 saturated heterocycles. The standard InChI is InChI=1S/C24H20N6S/c1-2-18-14-16(3-10-21(18)25-13-1)15-24-27-26-23-12-11-22(28-30(23)24)17-4-8-20(9-5-17)31-29-19-6-7-19/h1-5,8-14,19,29H,6-7,15H2. The lowest BCUT2D eigenvalue weighted by Crippen LogP contribution is -2.04. The van der Waals surface area contributed by atoms with Crippen LogP contribution in [0.1, 0.15) is 24.2 Å². The largest absolute Gasteiger partial charge is 0.257 e. The first-order valence-corrected chi connectivity index (χ1v) is 11.2. The van der Waals surface area contributed by atoms with E-state index in [0.29, 0.717) is 12.5 Å². The van der Waals surface area contributed by atoms with Gasteiger partial charge < -0.3 is 0 Å². The zero-order valence-electron chi connectivity index (χ0n) is 16.8. The van der Waals surface area contributed by atoms with Crippen LogP contribution in [-0.2, 0) is 6.42 Å². The van der Waals surface area contributed by atoms with E-state index in [9.17, 15) is 0 Å². The predicted octanol–water partition coefficient (Wildman–Crippen LogP) is 4.69. The van der Waals surface area contributed by atoms with Crippen molar-refractivity contribution in [1.82, 2.24) is 29.5 Å². The lowest BCUT2D eigenvalue weighted by Gasteiger charge is -2.06. The summed E-state index contributed by atoms with van der Waals surface area (Å²) in [4.78, 5) is 5.61. The third kappa shape index (κ3) is 3.89. The molecule has 152 valence electrons. The quantitative estimate of drug-likeness (QED) is 0.399. The Morgan fingerprint density at radius 1 is 0.968 bits per heavy atom. The maximum atomic E-state index is 4.83. The van der Waals surface area contributed by atoms with E-state index in [-0.39, 0.29) is 0 Å². The SMILES string of the molecule is c1cnc2ccc(Cc3nnc4ccc(-c5ccc(SNC6CC6)cc5)nn34)cc2c1. The molecule has 1 saturated carbocycles. The number of benzene rings is 2. The van der Waals surface area contributed by atoms with Crippen LogP contribution in [0.3, 0.4) is 0 Å². The van der Waals surface area contributed by atoms with Gasteiger partial charge in [0.05, 0.1) is 11.2 Å². The molecule has 2 aromatic carbocycles. The molecule has 5 aromatic rings. The van der Waals surface area contributed by atoms with Gasteiger partial charge in [0.15, 0.2) is 11.5 Å². The minimum Gasteiger partial charge on any atom is -0.257 e. The van der Waals surface area contributed by atoms with Crippen molar-refractivity contribution in [3.8, 4) is 11.3 Å². The van der Waals surface area contributed by atoms with Gasteiger partial charge in [-0.1, -0.05) is 24.3 Å². The molecule has 3 heterocycles. The van der Waals surface area contributed by atoms with Crippen LogP contribution in [0.4, 0.5) is 0 Å². The van der Waals surface area contributed by atoms with Crippen LogP contribution in [-0.4, -0.2) is 30.8 Å². The van der Waals surface area contributed by atoms with Crippen molar-refractivity contribution in [2.24, 2.45) is 0 Å². The van der Waals surface area contributed by atoms with E-state index in [2.05, 4.69) is 62.4 Å². The molecule has 0 atom stereocenters. The van der Waals surface area contributed by atoms with E-state index in [4.69, 9.17) is 5.10 Å². The van der Waals surface area contributed by atoms with Crippen LogP contribution >= 0.6 is 11.9 Å². The van der Waals surface area contributed by atoms with E-state index in [1.807, 2.05) is 35.0 Å². The van der Waals surface area contributed by atoms with Crippen LogP contribution in [0.15, 0.2) is 77.8 Å². The monoisotopic (exact) mass is 424 g/mol. The zero-order chi connectivity index (χ0) is 20.6. The third-order valence-electron chi connectivity index (χ3n) is 5.43. The number of fused-ring (bicyclic) bond motifs is 2. The van der Waals surface area contributed by atoms with Crippen LogP contribution in [0.2, 0.25) is 0 Å². The van der Waals surface area contributed by atoms with Crippen LogP contribution < -0.4 is 4.72 Å². The highest BCUT2D eigenvalue weighted by atomic mass is 32.2. The maximum Gasteiger partial charge on any atom is 0.177 e. The van der Waals surface area contributed by atoms with Gasteiger partial charge in [-0.05, 0) is 72.8 Å². The fraction of sp³-hybridized carbons (Fsp3) is 0.167. The fourth-order valence-corrected chi connectivity index (χ4v) is 4.37. The third-order valence-corrected chi connectivity index (χ3v) is 6.39. The van der Waals surface area contributed by atoms with E-state index in [1.165, 1.54) is 17.7 Å². The summed E-state index contributed by atoms with van der Waals surface area (Å²) in [7, 11) is 0. The number of hydrogen-bond acceptors (Lipinski definition) is 6. The predicted molar refractivity (Wildman–Crippen MR) is 123 cm³/mol. The van der Waals surface area contributed by atoms with E-state index < -0.39 is 0 Å². The number of hydrogen-bond donors (Lipinski definition) is 1. The minimum absolute atomic E-state index is 0.658. The van der Waals surface area contributed by atoms with Gasteiger partial charge in [-0.3, -0.25) is 9.71 Å². The molecular formula is C24H20N6S. The van der Waals surface area contributed by atoms with E-state index in [1.54, 1.807) is 11.9 Å².